The summed E-state index contributed by atoms with van der Waals surface area (Å²) in [5.41, 5.74) is 7.88. The number of fused-ring (bicyclic) bond motifs is 3. The van der Waals surface area contributed by atoms with E-state index in [1.54, 1.807) is 87.0 Å². The summed E-state index contributed by atoms with van der Waals surface area (Å²) in [7, 11) is 3.17. The summed E-state index contributed by atoms with van der Waals surface area (Å²) in [6.07, 6.45) is -1.28. The van der Waals surface area contributed by atoms with E-state index >= 15 is 0 Å². The zero-order chi connectivity index (χ0) is 67.7. The number of rotatable bonds is 31. The topological polar surface area (TPSA) is 233 Å². The second kappa shape index (κ2) is 33.3. The fraction of sp³-hybridized carbons (Fsp3) is 0.347. The van der Waals surface area contributed by atoms with Crippen LogP contribution in [0.2, 0.25) is 0 Å². The van der Waals surface area contributed by atoms with Crippen molar-refractivity contribution in [1.82, 2.24) is 19.8 Å². The van der Waals surface area contributed by atoms with Gasteiger partial charge in [0.25, 0.3) is 14.4 Å². The average molecular weight is 1320 g/mol. The number of likely N-dealkylation sites (N-methyl/N-ethyl adjacent to an activating group) is 1. The Morgan fingerprint density at radius 1 is 0.750 bits per heavy atom. The molecule has 1 saturated heterocycles. The number of aliphatic hydroxyl groups is 2. The van der Waals surface area contributed by atoms with Crippen molar-refractivity contribution >= 4 is 32.2 Å². The minimum atomic E-state index is -1.74. The highest BCUT2D eigenvalue weighted by Crippen LogP contribution is 2.51. The lowest BCUT2D eigenvalue weighted by atomic mass is 9.80. The molecular formula is C75H83N6O14P. The van der Waals surface area contributed by atoms with Crippen LogP contribution in [0.25, 0.3) is 11.1 Å². The van der Waals surface area contributed by atoms with E-state index in [0.29, 0.717) is 23.5 Å². The molecule has 0 spiro atoms. The maximum atomic E-state index is 13.7. The predicted octanol–water partition coefficient (Wildman–Crippen LogP) is 12.0. The first kappa shape index (κ1) is 70.1. The number of ketones is 1. The fourth-order valence-electron chi connectivity index (χ4n) is 12.2. The van der Waals surface area contributed by atoms with Crippen LogP contribution in [0.15, 0.2) is 193 Å². The number of methoxy groups -OCH3 is 2. The van der Waals surface area contributed by atoms with Crippen molar-refractivity contribution in [2.24, 2.45) is 4.99 Å². The molecule has 6 atom stereocenters. The first-order valence-electron chi connectivity index (χ1n) is 32.2. The van der Waals surface area contributed by atoms with Crippen molar-refractivity contribution in [1.29, 1.82) is 5.26 Å². The molecule has 502 valence electrons. The summed E-state index contributed by atoms with van der Waals surface area (Å²) >= 11 is 0. The van der Waals surface area contributed by atoms with Crippen molar-refractivity contribution in [3.05, 3.63) is 233 Å². The van der Waals surface area contributed by atoms with E-state index in [1.165, 1.54) is 4.90 Å². The largest absolute Gasteiger partial charge is 0.513 e. The van der Waals surface area contributed by atoms with Gasteiger partial charge in [-0.1, -0.05) is 127 Å². The minimum Gasteiger partial charge on any atom is -0.497 e. The quantitative estimate of drug-likeness (QED) is 0.00915. The molecule has 2 unspecified atom stereocenters. The molecule has 1 fully saturated rings. The lowest BCUT2D eigenvalue weighted by molar-refractivity contribution is -0.188. The molecule has 1 aliphatic carbocycles. The van der Waals surface area contributed by atoms with E-state index in [1.807, 2.05) is 103 Å². The van der Waals surface area contributed by atoms with Gasteiger partial charge in [-0.3, -0.25) is 14.5 Å². The Bertz CT molecular complexity index is 3710. The number of carbonyl (C=O) groups excluding carboxylic acids is 3. The zero-order valence-electron chi connectivity index (χ0n) is 55.1. The van der Waals surface area contributed by atoms with Crippen LogP contribution in [0, 0.1) is 11.3 Å². The number of Topliss-reactive ketones (excluding diaryl/α,β-unsaturated/α-hetero) is 1. The summed E-state index contributed by atoms with van der Waals surface area (Å²) in [5.74, 6) is 1.26. The monoisotopic (exact) mass is 1320 g/mol. The van der Waals surface area contributed by atoms with E-state index in [9.17, 15) is 29.9 Å². The third-order valence-electron chi connectivity index (χ3n) is 17.1. The smallest absolute Gasteiger partial charge is 0.497 e. The third kappa shape index (κ3) is 17.3. The molecule has 21 heteroatoms. The second-order valence-corrected chi connectivity index (χ2v) is 25.5. The van der Waals surface area contributed by atoms with Crippen LogP contribution >= 0.6 is 8.53 Å². The van der Waals surface area contributed by atoms with Crippen LogP contribution in [-0.4, -0.2) is 146 Å². The van der Waals surface area contributed by atoms with Gasteiger partial charge in [0, 0.05) is 55.6 Å². The van der Waals surface area contributed by atoms with Gasteiger partial charge in [0.05, 0.1) is 52.6 Å². The van der Waals surface area contributed by atoms with Gasteiger partial charge in [-0.2, -0.15) is 5.26 Å². The van der Waals surface area contributed by atoms with Crippen molar-refractivity contribution in [2.75, 3.05) is 54.2 Å². The van der Waals surface area contributed by atoms with Gasteiger partial charge in [0.1, 0.15) is 53.4 Å². The first-order chi connectivity index (χ1) is 46.5. The highest BCUT2D eigenvalue weighted by molar-refractivity contribution is 7.44. The van der Waals surface area contributed by atoms with Crippen LogP contribution in [0.3, 0.4) is 0 Å². The number of hydrogen-bond acceptors (Lipinski definition) is 19. The molecule has 96 heavy (non-hydrogen) atoms. The van der Waals surface area contributed by atoms with E-state index in [-0.39, 0.29) is 94.0 Å². The molecule has 0 saturated carbocycles. The standard InChI is InChI=1S/C75H83N6O14P/c1-50(2)81(51(3)4)96(92-44-15-41-76)95-67-47-70(94-68(67)49-91-75(55-16-9-8-10-17-55,56-29-36-59(87-6)37-30-56)57-31-38-60(88-7)39-32-57)80-42-40-69(78-72(80)84)77-71(83)54-27-22-52(23-28-54)24-33-58(82)46-53-25-34-61(35-26-53)93-74(86)89-45-43-79(5)73(85)90-48-66-64-20-13-11-18-62(64)63-19-12-14-21-65(63)66/h8-14,16-23,25-32,34-40,42,50-51,66-68,70,72-73,84-85H,15,24,33,43-49H2,1-7H3,(H,77,78,83)/t67?,68-,70-,72-,73-,96?/m1/s1. The Labute approximate surface area is 562 Å². The van der Waals surface area contributed by atoms with Crippen LogP contribution in [0.4, 0.5) is 4.79 Å². The average Bonchev–Trinajstić information content (AvgIpc) is 1.21. The molecule has 10 rings (SSSR count). The molecule has 2 heterocycles. The summed E-state index contributed by atoms with van der Waals surface area (Å²) in [6.45, 7) is 8.84. The fourth-order valence-corrected chi connectivity index (χ4v) is 13.9. The molecule has 7 aromatic rings. The molecule has 0 radical (unpaired) electrons. The molecule has 1 amide bonds. The molecule has 3 N–H and O–H groups in total. The van der Waals surface area contributed by atoms with Gasteiger partial charge >= 0.3 is 6.16 Å². The molecule has 20 nitrogen and oxygen atoms in total. The van der Waals surface area contributed by atoms with Gasteiger partial charge in [0.2, 0.25) is 12.8 Å². The molecular weight excluding hydrogens is 1240 g/mol. The van der Waals surface area contributed by atoms with E-state index in [4.69, 9.17) is 42.2 Å². The van der Waals surface area contributed by atoms with Gasteiger partial charge in [-0.25, -0.2) is 14.5 Å². The van der Waals surface area contributed by atoms with Crippen LogP contribution in [-0.2, 0) is 51.2 Å². The maximum Gasteiger partial charge on any atom is 0.513 e. The van der Waals surface area contributed by atoms with Crippen LogP contribution < -0.4 is 19.5 Å². The maximum absolute atomic E-state index is 13.7. The van der Waals surface area contributed by atoms with Gasteiger partial charge < -0.3 is 62.6 Å². The van der Waals surface area contributed by atoms with Crippen molar-refractivity contribution in [3.8, 4) is 34.4 Å². The Morgan fingerprint density at radius 3 is 1.93 bits per heavy atom. The normalized spacial score (nSPS) is 17.4. The third-order valence-corrected chi connectivity index (χ3v) is 19.2. The number of hydrogen-bond donors (Lipinski definition) is 3. The molecule has 0 aromatic heterocycles. The van der Waals surface area contributed by atoms with Crippen molar-refractivity contribution in [2.45, 2.75) is 115 Å². The lowest BCUT2D eigenvalue weighted by Crippen LogP contribution is -2.43. The van der Waals surface area contributed by atoms with E-state index in [0.717, 1.165) is 50.1 Å². The highest BCUT2D eigenvalue weighted by Gasteiger charge is 2.47. The van der Waals surface area contributed by atoms with Crippen LogP contribution in [0.5, 0.6) is 17.2 Å². The number of amidine groups is 1. The zero-order valence-corrected chi connectivity index (χ0v) is 56.0. The number of nitrogens with zero attached hydrogens (tertiary/aromatic N) is 5. The number of ether oxygens (including phenoxy) is 7. The number of nitriles is 1. The number of aryl methyl sites for hydroxylation is 1. The van der Waals surface area contributed by atoms with Crippen LogP contribution in [0.1, 0.15) is 102 Å². The SMILES string of the molecule is COc1ccc(C(OC[C@H]2O[C@@H](N3C=CC(NC(=O)c4ccc(CCC(=O)Cc5ccc(OC(=O)OCCN(C)[C@H](O)OCC6c7ccccc7-c7ccccc76)cc5)cc4)=N[C@H]3O)CC2OP(OCCC#N)N(C(C)C)C(C)C)(c2ccccc2)c2ccc(OC)cc2)cc1. The molecule has 7 aromatic carbocycles. The second-order valence-electron chi connectivity index (χ2n) is 24.1. The van der Waals surface area contributed by atoms with Crippen molar-refractivity contribution in [3.63, 3.8) is 0 Å². The van der Waals surface area contributed by atoms with E-state index < -0.39 is 57.4 Å². The number of aliphatic imine (C=N–C) groups is 1. The van der Waals surface area contributed by atoms with Crippen molar-refractivity contribution < 1.29 is 66.8 Å². The number of amides is 1. The number of carbonyl (C=O) groups is 3. The number of nitrogens with one attached hydrogen (secondary N) is 1. The lowest BCUT2D eigenvalue weighted by Gasteiger charge is -2.39. The number of benzene rings is 7. The minimum absolute atomic E-state index is 0.000295. The highest BCUT2D eigenvalue weighted by atomic mass is 31.2. The summed E-state index contributed by atoms with van der Waals surface area (Å²) in [4.78, 5) is 46.9. The summed E-state index contributed by atoms with van der Waals surface area (Å²) in [5, 5.41) is 34.8. The predicted molar refractivity (Wildman–Crippen MR) is 364 cm³/mol. The van der Waals surface area contributed by atoms with Gasteiger partial charge in [-0.05, 0) is 146 Å². The number of aliphatic hydroxyl groups excluding tert-OH is 2. The summed E-state index contributed by atoms with van der Waals surface area (Å²) in [6, 6.07) is 57.6. The molecule has 2 aliphatic heterocycles. The summed E-state index contributed by atoms with van der Waals surface area (Å²) < 4.78 is 57.6. The van der Waals surface area contributed by atoms with Gasteiger partial charge in [0.15, 0.2) is 0 Å². The Hall–Kier alpha value is -8.68. The Kier molecular flexibility index (Phi) is 24.3. The first-order valence-corrected chi connectivity index (χ1v) is 33.3. The Morgan fingerprint density at radius 2 is 1.33 bits per heavy atom. The molecule has 0 bridgehead atoms. The van der Waals surface area contributed by atoms with E-state index in [2.05, 4.69) is 73.0 Å². The molecule has 3 aliphatic rings. The Balaban J connectivity index is 0.715. The van der Waals surface area contributed by atoms with Gasteiger partial charge in [-0.15, -0.1) is 0 Å².